The molecule has 0 saturated heterocycles. The molecule has 44 heavy (non-hydrogen) atoms. The number of hydrogen-bond donors (Lipinski definition) is 1. The average Bonchev–Trinajstić information content (AvgIpc) is 3.21. The Morgan fingerprint density at radius 1 is 1.16 bits per heavy atom. The average molecular weight is 659 g/mol. The molecule has 0 atom stereocenters. The number of fused-ring (bicyclic) bond motifs is 1. The molecule has 5 rings (SSSR count). The van der Waals surface area contributed by atoms with Gasteiger partial charge in [-0.15, -0.1) is 0 Å². The van der Waals surface area contributed by atoms with E-state index in [9.17, 15) is 19.7 Å². The lowest BCUT2D eigenvalue weighted by Crippen LogP contribution is -2.40. The summed E-state index contributed by atoms with van der Waals surface area (Å²) in [4.78, 5) is 43.1. The van der Waals surface area contributed by atoms with Gasteiger partial charge in [0.05, 0.1) is 36.2 Å². The fourth-order valence-electron chi connectivity index (χ4n) is 5.03. The van der Waals surface area contributed by atoms with Crippen molar-refractivity contribution in [1.82, 2.24) is 15.2 Å². The number of carbonyl (C=O) groups is 2. The van der Waals surface area contributed by atoms with Gasteiger partial charge in [0.2, 0.25) is 5.91 Å². The van der Waals surface area contributed by atoms with E-state index in [1.165, 1.54) is 18.2 Å². The fourth-order valence-corrected chi connectivity index (χ4v) is 5.39. The Labute approximate surface area is 261 Å². The van der Waals surface area contributed by atoms with E-state index >= 15 is 0 Å². The number of nitro groups is 1. The van der Waals surface area contributed by atoms with Crippen LogP contribution in [-0.2, 0) is 16.1 Å². The summed E-state index contributed by atoms with van der Waals surface area (Å²) < 4.78 is 7.85. The molecule has 1 aromatic heterocycles. The van der Waals surface area contributed by atoms with Crippen molar-refractivity contribution in [1.29, 1.82) is 0 Å². The van der Waals surface area contributed by atoms with Crippen LogP contribution in [0.15, 0.2) is 81.3 Å². The van der Waals surface area contributed by atoms with Crippen molar-refractivity contribution in [2.24, 2.45) is 10.1 Å². The number of hydrazone groups is 1. The van der Waals surface area contributed by atoms with E-state index in [1.807, 2.05) is 42.5 Å². The summed E-state index contributed by atoms with van der Waals surface area (Å²) in [5, 5.41) is 19.8. The molecular formula is C31H28BrN7O5. The first kappa shape index (κ1) is 30.3. The second-order valence-corrected chi connectivity index (χ2v) is 10.9. The van der Waals surface area contributed by atoms with Crippen molar-refractivity contribution < 1.29 is 19.2 Å². The predicted molar refractivity (Wildman–Crippen MR) is 170 cm³/mol. The number of halogens is 1. The molecule has 1 N–H and O–H groups in total. The monoisotopic (exact) mass is 657 g/mol. The first-order valence-electron chi connectivity index (χ1n) is 13.5. The number of nitrogens with one attached hydrogen (secondary N) is 1. The van der Waals surface area contributed by atoms with E-state index in [2.05, 4.69) is 36.5 Å². The van der Waals surface area contributed by atoms with Gasteiger partial charge in [0.1, 0.15) is 30.2 Å². The Morgan fingerprint density at radius 2 is 1.93 bits per heavy atom. The quantitative estimate of drug-likeness (QED) is 0.159. The van der Waals surface area contributed by atoms with Crippen LogP contribution in [-0.4, -0.2) is 58.6 Å². The zero-order chi connectivity index (χ0) is 31.4. The third kappa shape index (κ3) is 6.42. The molecule has 0 spiro atoms. The summed E-state index contributed by atoms with van der Waals surface area (Å²) in [5.41, 5.74) is 7.44. The lowest BCUT2D eigenvalue weighted by Gasteiger charge is -2.22. The molecule has 0 radical (unpaired) electrons. The minimum atomic E-state index is -0.490. The van der Waals surface area contributed by atoms with E-state index in [1.54, 1.807) is 42.8 Å². The molecule has 4 aromatic rings. The maximum Gasteiger partial charge on any atom is 0.312 e. The van der Waals surface area contributed by atoms with Gasteiger partial charge in [0.25, 0.3) is 5.91 Å². The molecule has 13 heteroatoms. The van der Waals surface area contributed by atoms with Crippen molar-refractivity contribution in [3.05, 3.63) is 115 Å². The number of rotatable bonds is 9. The summed E-state index contributed by atoms with van der Waals surface area (Å²) in [6.45, 7) is 3.10. The number of methoxy groups -OCH3 is 1. The number of amides is 2. The number of aliphatic imine (C=N–C) groups is 1. The Kier molecular flexibility index (Phi) is 8.95. The van der Waals surface area contributed by atoms with E-state index in [-0.39, 0.29) is 31.2 Å². The van der Waals surface area contributed by atoms with Crippen molar-refractivity contribution in [3.8, 4) is 5.75 Å². The van der Waals surface area contributed by atoms with Gasteiger partial charge >= 0.3 is 5.69 Å². The second-order valence-electron chi connectivity index (χ2n) is 9.97. The minimum absolute atomic E-state index is 0.0228. The van der Waals surface area contributed by atoms with E-state index in [4.69, 9.17) is 4.74 Å². The van der Waals surface area contributed by atoms with Gasteiger partial charge in [-0.2, -0.15) is 10.2 Å². The molecule has 0 bridgehead atoms. The van der Waals surface area contributed by atoms with Gasteiger partial charge in [-0.1, -0.05) is 46.3 Å². The van der Waals surface area contributed by atoms with Gasteiger partial charge in [-0.05, 0) is 55.8 Å². The molecule has 1 aliphatic heterocycles. The lowest BCUT2D eigenvalue weighted by atomic mass is 10.0. The molecule has 2 heterocycles. The van der Waals surface area contributed by atoms with Crippen LogP contribution >= 0.6 is 15.9 Å². The third-order valence-corrected chi connectivity index (χ3v) is 7.57. The highest BCUT2D eigenvalue weighted by Crippen LogP contribution is 2.30. The van der Waals surface area contributed by atoms with Crippen LogP contribution in [0.3, 0.4) is 0 Å². The first-order valence-corrected chi connectivity index (χ1v) is 14.3. The summed E-state index contributed by atoms with van der Waals surface area (Å²) in [6, 6.07) is 20.4. The highest BCUT2D eigenvalue weighted by molar-refractivity contribution is 9.10. The number of carbonyl (C=O) groups excluding carboxylic acids is 2. The zero-order valence-corrected chi connectivity index (χ0v) is 25.7. The van der Waals surface area contributed by atoms with Crippen LogP contribution < -0.4 is 15.1 Å². The van der Waals surface area contributed by atoms with Crippen LogP contribution in [0.5, 0.6) is 5.75 Å². The largest absolute Gasteiger partial charge is 0.496 e. The normalized spacial score (nSPS) is 13.0. The van der Waals surface area contributed by atoms with Crippen LogP contribution in [0.4, 0.5) is 11.4 Å². The molecule has 0 fully saturated rings. The van der Waals surface area contributed by atoms with Crippen LogP contribution in [0.2, 0.25) is 0 Å². The van der Waals surface area contributed by atoms with Crippen LogP contribution in [0.25, 0.3) is 0 Å². The first-order chi connectivity index (χ1) is 21.2. The highest BCUT2D eigenvalue weighted by Gasteiger charge is 2.27. The topological polar surface area (TPSA) is 144 Å². The zero-order valence-electron chi connectivity index (χ0n) is 24.2. The van der Waals surface area contributed by atoms with Crippen molar-refractivity contribution in [2.45, 2.75) is 20.4 Å². The Morgan fingerprint density at radius 3 is 2.64 bits per heavy atom. The predicted octanol–water partition coefficient (Wildman–Crippen LogP) is 4.56. The molecule has 3 aromatic carbocycles. The van der Waals surface area contributed by atoms with Crippen molar-refractivity contribution in [3.63, 3.8) is 0 Å². The van der Waals surface area contributed by atoms with Gasteiger partial charge in [0, 0.05) is 21.2 Å². The number of benzodiazepines with no additional fused rings is 1. The van der Waals surface area contributed by atoms with Gasteiger partial charge in [-0.25, -0.2) is 5.43 Å². The standard InChI is InChI=1S/C31H28BrN7O5/c1-19-31(39(42)43)20(2)38(36-19)17-23-13-21(9-12-27(23)44-3)15-34-35-28(40)18-37-26-11-10-24(32)14-25(26)30(33-16-29(37)41)22-7-5-4-6-8-22/h4-15H,16-18H2,1-3H3,(H,35,40). The number of anilines is 1. The summed E-state index contributed by atoms with van der Waals surface area (Å²) in [5.74, 6) is -0.235. The molecule has 2 amide bonds. The molecule has 0 aliphatic carbocycles. The highest BCUT2D eigenvalue weighted by atomic mass is 79.9. The Hall–Kier alpha value is -5.17. The third-order valence-electron chi connectivity index (χ3n) is 7.08. The van der Waals surface area contributed by atoms with Gasteiger partial charge in [0.15, 0.2) is 0 Å². The van der Waals surface area contributed by atoms with E-state index in [0.717, 1.165) is 21.2 Å². The molecule has 0 saturated carbocycles. The lowest BCUT2D eigenvalue weighted by molar-refractivity contribution is -0.386. The number of hydrogen-bond acceptors (Lipinski definition) is 8. The number of aryl methyl sites for hydroxylation is 1. The van der Waals surface area contributed by atoms with Crippen molar-refractivity contribution in [2.75, 3.05) is 25.1 Å². The van der Waals surface area contributed by atoms with Gasteiger partial charge < -0.3 is 9.64 Å². The SMILES string of the molecule is COc1ccc(C=NNC(=O)CN2C(=O)CN=C(c3ccccc3)c3cc(Br)ccc32)cc1Cn1nc(C)c([N+](=O)[O-])c1C. The molecule has 0 unspecified atom stereocenters. The minimum Gasteiger partial charge on any atom is -0.496 e. The second kappa shape index (κ2) is 13.0. The Bertz CT molecular complexity index is 1820. The molecule has 12 nitrogen and oxygen atoms in total. The number of nitrogens with zero attached hydrogens (tertiary/aromatic N) is 6. The van der Waals surface area contributed by atoms with Crippen LogP contribution in [0, 0.1) is 24.0 Å². The molecular weight excluding hydrogens is 630 g/mol. The van der Waals surface area contributed by atoms with Gasteiger partial charge in [-0.3, -0.25) is 29.4 Å². The Balaban J connectivity index is 1.32. The van der Waals surface area contributed by atoms with E-state index < -0.39 is 10.8 Å². The number of ether oxygens (including phenoxy) is 1. The summed E-state index contributed by atoms with van der Waals surface area (Å²) >= 11 is 3.51. The maximum absolute atomic E-state index is 13.1. The fraction of sp³-hybridized carbons (Fsp3) is 0.194. The smallest absolute Gasteiger partial charge is 0.312 e. The maximum atomic E-state index is 13.1. The van der Waals surface area contributed by atoms with Crippen molar-refractivity contribution >= 4 is 51.0 Å². The summed E-state index contributed by atoms with van der Waals surface area (Å²) in [6.07, 6.45) is 1.47. The number of benzene rings is 3. The van der Waals surface area contributed by atoms with Crippen LogP contribution in [0.1, 0.15) is 33.6 Å². The molecule has 1 aliphatic rings. The molecule has 224 valence electrons. The number of aromatic nitrogens is 2. The van der Waals surface area contributed by atoms with E-state index in [0.29, 0.717) is 34.1 Å². The summed E-state index contributed by atoms with van der Waals surface area (Å²) in [7, 11) is 1.53.